The number of nitrogens with zero attached hydrogens (tertiary/aromatic N) is 2. The van der Waals surface area contributed by atoms with Crippen molar-refractivity contribution in [1.29, 1.82) is 0 Å². The van der Waals surface area contributed by atoms with Gasteiger partial charge in [-0.15, -0.1) is 0 Å². The van der Waals surface area contributed by atoms with Gasteiger partial charge in [0.1, 0.15) is 5.82 Å². The molecule has 5 heteroatoms. The van der Waals surface area contributed by atoms with E-state index in [0.29, 0.717) is 6.04 Å². The minimum absolute atomic E-state index is 0.123. The molecule has 1 aliphatic rings. The van der Waals surface area contributed by atoms with Crippen molar-refractivity contribution in [2.45, 2.75) is 52.0 Å². The second-order valence-electron chi connectivity index (χ2n) is 5.49. The van der Waals surface area contributed by atoms with Crippen LogP contribution < -0.4 is 5.32 Å². The van der Waals surface area contributed by atoms with E-state index in [4.69, 9.17) is 0 Å². The third-order valence-electron chi connectivity index (χ3n) is 3.93. The second-order valence-corrected chi connectivity index (χ2v) is 5.49. The predicted octanol–water partition coefficient (Wildman–Crippen LogP) is 2.95. The first kappa shape index (κ1) is 14.8. The monoisotopic (exact) mass is 277 g/mol. The fraction of sp³-hybridized carbons (Fsp3) is 0.667. The molecule has 0 saturated heterocycles. The number of rotatable bonds is 4. The fourth-order valence-electron chi connectivity index (χ4n) is 2.83. The molecule has 2 atom stereocenters. The van der Waals surface area contributed by atoms with Gasteiger partial charge < -0.3 is 10.1 Å². The molecule has 2 rings (SSSR count). The van der Waals surface area contributed by atoms with E-state index >= 15 is 0 Å². The van der Waals surface area contributed by atoms with Crippen LogP contribution in [0.3, 0.4) is 0 Å². The molecule has 110 valence electrons. The third-order valence-corrected chi connectivity index (χ3v) is 3.93. The van der Waals surface area contributed by atoms with Crippen molar-refractivity contribution in [2.24, 2.45) is 5.92 Å². The molecule has 0 spiro atoms. The first-order valence-corrected chi connectivity index (χ1v) is 7.33. The highest BCUT2D eigenvalue weighted by Crippen LogP contribution is 2.28. The maximum absolute atomic E-state index is 11.5. The van der Waals surface area contributed by atoms with Crippen molar-refractivity contribution in [3.63, 3.8) is 0 Å². The normalized spacial score (nSPS) is 22.4. The van der Waals surface area contributed by atoms with Crippen LogP contribution >= 0.6 is 0 Å². The van der Waals surface area contributed by atoms with Crippen LogP contribution in [0, 0.1) is 12.8 Å². The van der Waals surface area contributed by atoms with Crippen LogP contribution in [0.25, 0.3) is 0 Å². The zero-order chi connectivity index (χ0) is 14.5. The highest BCUT2D eigenvalue weighted by molar-refractivity contribution is 5.85. The van der Waals surface area contributed by atoms with Gasteiger partial charge in [0, 0.05) is 17.8 Å². The average molecular weight is 277 g/mol. The highest BCUT2D eigenvalue weighted by Gasteiger charge is 2.21. The molecule has 0 amide bonds. The summed E-state index contributed by atoms with van der Waals surface area (Å²) in [5, 5.41) is 3.45. The Bertz CT molecular complexity index is 476. The Kier molecular flexibility index (Phi) is 4.93. The number of hydrogen-bond acceptors (Lipinski definition) is 5. The number of aryl methyl sites for hydroxylation is 1. The van der Waals surface area contributed by atoms with Crippen LogP contribution in [0.2, 0.25) is 0 Å². The molecule has 1 N–H and O–H groups in total. The zero-order valence-electron chi connectivity index (χ0n) is 12.5. The number of carbonyl (C=O) groups is 1. The minimum atomic E-state index is -0.494. The molecule has 1 fully saturated rings. The molecule has 20 heavy (non-hydrogen) atoms. The number of anilines is 1. The standard InChI is InChI=1S/C15H23N3O2/c1-4-11-6-5-7-12(9-11)17-13-8-10(2)16-14(18-13)15(19)20-3/h8,11-12H,4-7,9H2,1-3H3,(H,16,17,18). The van der Waals surface area contributed by atoms with Gasteiger partial charge in [0.05, 0.1) is 7.11 Å². The number of carbonyl (C=O) groups excluding carboxylic acids is 1. The van der Waals surface area contributed by atoms with Crippen LogP contribution in [0.5, 0.6) is 0 Å². The number of esters is 1. The van der Waals surface area contributed by atoms with Crippen molar-refractivity contribution in [3.8, 4) is 0 Å². The summed E-state index contributed by atoms with van der Waals surface area (Å²) in [6, 6.07) is 2.32. The second kappa shape index (κ2) is 6.68. The molecule has 1 aromatic heterocycles. The summed E-state index contributed by atoms with van der Waals surface area (Å²) < 4.78 is 4.68. The number of aromatic nitrogens is 2. The summed E-state index contributed by atoms with van der Waals surface area (Å²) in [6.07, 6.45) is 6.14. The molecule has 0 radical (unpaired) electrons. The molecule has 0 bridgehead atoms. The predicted molar refractivity (Wildman–Crippen MR) is 77.8 cm³/mol. The number of ether oxygens (including phenoxy) is 1. The van der Waals surface area contributed by atoms with Gasteiger partial charge in [0.2, 0.25) is 5.82 Å². The molecule has 1 saturated carbocycles. The zero-order valence-corrected chi connectivity index (χ0v) is 12.5. The van der Waals surface area contributed by atoms with Crippen molar-refractivity contribution in [2.75, 3.05) is 12.4 Å². The maximum Gasteiger partial charge on any atom is 0.376 e. The van der Waals surface area contributed by atoms with Gasteiger partial charge in [0.15, 0.2) is 0 Å². The van der Waals surface area contributed by atoms with E-state index in [1.807, 2.05) is 13.0 Å². The summed E-state index contributed by atoms with van der Waals surface area (Å²) in [5.41, 5.74) is 0.769. The molecule has 1 heterocycles. The van der Waals surface area contributed by atoms with Crippen LogP contribution in [-0.4, -0.2) is 29.1 Å². The fourth-order valence-corrected chi connectivity index (χ4v) is 2.83. The Balaban J connectivity index is 2.08. The Morgan fingerprint density at radius 3 is 2.95 bits per heavy atom. The quantitative estimate of drug-likeness (QED) is 0.857. The SMILES string of the molecule is CCC1CCCC(Nc2cc(C)nc(C(=O)OC)n2)C1. The van der Waals surface area contributed by atoms with Gasteiger partial charge in [-0.3, -0.25) is 0 Å². The maximum atomic E-state index is 11.5. The molecule has 2 unspecified atom stereocenters. The molecular weight excluding hydrogens is 254 g/mol. The van der Waals surface area contributed by atoms with E-state index in [1.54, 1.807) is 0 Å². The van der Waals surface area contributed by atoms with Gasteiger partial charge >= 0.3 is 5.97 Å². The summed E-state index contributed by atoms with van der Waals surface area (Å²) >= 11 is 0. The van der Waals surface area contributed by atoms with Gasteiger partial charge in [-0.05, 0) is 25.7 Å². The first-order valence-electron chi connectivity index (χ1n) is 7.33. The molecule has 0 aliphatic heterocycles. The number of nitrogens with one attached hydrogen (secondary N) is 1. The van der Waals surface area contributed by atoms with Crippen molar-refractivity contribution < 1.29 is 9.53 Å². The van der Waals surface area contributed by atoms with E-state index in [-0.39, 0.29) is 5.82 Å². The Morgan fingerprint density at radius 2 is 2.25 bits per heavy atom. The number of methoxy groups -OCH3 is 1. The lowest BCUT2D eigenvalue weighted by atomic mass is 9.84. The highest BCUT2D eigenvalue weighted by atomic mass is 16.5. The average Bonchev–Trinajstić information content (AvgIpc) is 2.46. The van der Waals surface area contributed by atoms with Crippen LogP contribution in [0.15, 0.2) is 6.07 Å². The summed E-state index contributed by atoms with van der Waals surface area (Å²) in [5.74, 6) is 1.15. The summed E-state index contributed by atoms with van der Waals surface area (Å²) in [7, 11) is 1.34. The Morgan fingerprint density at radius 1 is 1.45 bits per heavy atom. The van der Waals surface area contributed by atoms with Gasteiger partial charge in [-0.1, -0.05) is 26.2 Å². The van der Waals surface area contributed by atoms with E-state index in [0.717, 1.165) is 23.9 Å². The van der Waals surface area contributed by atoms with Crippen LogP contribution in [-0.2, 0) is 4.74 Å². The molecule has 1 aromatic rings. The number of hydrogen-bond donors (Lipinski definition) is 1. The van der Waals surface area contributed by atoms with Crippen LogP contribution in [0.1, 0.15) is 55.3 Å². The molecule has 0 aromatic carbocycles. The van der Waals surface area contributed by atoms with Crippen molar-refractivity contribution in [3.05, 3.63) is 17.6 Å². The van der Waals surface area contributed by atoms with Gasteiger partial charge in [-0.2, -0.15) is 0 Å². The third kappa shape index (κ3) is 3.68. The van der Waals surface area contributed by atoms with Gasteiger partial charge in [0.25, 0.3) is 0 Å². The van der Waals surface area contributed by atoms with E-state index in [1.165, 1.54) is 32.8 Å². The largest absolute Gasteiger partial charge is 0.463 e. The summed E-state index contributed by atoms with van der Waals surface area (Å²) in [4.78, 5) is 19.9. The van der Waals surface area contributed by atoms with Crippen molar-refractivity contribution >= 4 is 11.8 Å². The topological polar surface area (TPSA) is 64.1 Å². The molecule has 1 aliphatic carbocycles. The van der Waals surface area contributed by atoms with E-state index in [9.17, 15) is 4.79 Å². The Labute approximate surface area is 120 Å². The molecule has 5 nitrogen and oxygen atoms in total. The summed E-state index contributed by atoms with van der Waals surface area (Å²) in [6.45, 7) is 4.10. The molecular formula is C15H23N3O2. The lowest BCUT2D eigenvalue weighted by Gasteiger charge is -2.29. The first-order chi connectivity index (χ1) is 9.62. The lowest BCUT2D eigenvalue weighted by Crippen LogP contribution is -2.28. The van der Waals surface area contributed by atoms with E-state index in [2.05, 4.69) is 26.9 Å². The van der Waals surface area contributed by atoms with E-state index < -0.39 is 5.97 Å². The Hall–Kier alpha value is -1.65. The van der Waals surface area contributed by atoms with Crippen molar-refractivity contribution in [1.82, 2.24) is 9.97 Å². The van der Waals surface area contributed by atoms with Crippen LogP contribution in [0.4, 0.5) is 5.82 Å². The lowest BCUT2D eigenvalue weighted by molar-refractivity contribution is 0.0586. The smallest absolute Gasteiger partial charge is 0.376 e. The minimum Gasteiger partial charge on any atom is -0.463 e. The van der Waals surface area contributed by atoms with Gasteiger partial charge in [-0.25, -0.2) is 14.8 Å².